The van der Waals surface area contributed by atoms with E-state index in [4.69, 9.17) is 16.6 Å². The Morgan fingerprint density at radius 1 is 1.00 bits per heavy atom. The molecule has 178 valence electrons. The zero-order valence-corrected chi connectivity index (χ0v) is 19.3. The Balaban J connectivity index is 1.69. The van der Waals surface area contributed by atoms with E-state index in [2.05, 4.69) is 9.97 Å². The van der Waals surface area contributed by atoms with E-state index in [1.165, 1.54) is 23.2 Å². The second-order valence-electron chi connectivity index (χ2n) is 8.01. The lowest BCUT2D eigenvalue weighted by Gasteiger charge is -2.36. The van der Waals surface area contributed by atoms with E-state index >= 15 is 0 Å². The number of carbonyl (C=O) groups excluding carboxylic acids is 1. The second-order valence-corrected chi connectivity index (χ2v) is 8.41. The van der Waals surface area contributed by atoms with E-state index in [-0.39, 0.29) is 6.03 Å². The number of nitrogens with zero attached hydrogens (tertiary/aromatic N) is 6. The Bertz CT molecular complexity index is 1180. The van der Waals surface area contributed by atoms with Crippen LogP contribution in [0.15, 0.2) is 48.9 Å². The molecule has 34 heavy (non-hydrogen) atoms. The van der Waals surface area contributed by atoms with Crippen LogP contribution < -0.4 is 4.90 Å². The van der Waals surface area contributed by atoms with Gasteiger partial charge in [0.2, 0.25) is 0 Å². The van der Waals surface area contributed by atoms with Crippen LogP contribution in [0.5, 0.6) is 0 Å². The van der Waals surface area contributed by atoms with Crippen molar-refractivity contribution in [2.45, 2.75) is 6.18 Å². The van der Waals surface area contributed by atoms with Crippen LogP contribution in [0, 0.1) is 0 Å². The van der Waals surface area contributed by atoms with Crippen molar-refractivity contribution in [2.75, 3.05) is 45.2 Å². The number of halogens is 4. The van der Waals surface area contributed by atoms with Gasteiger partial charge in [0.25, 0.3) is 0 Å². The van der Waals surface area contributed by atoms with Gasteiger partial charge in [-0.1, -0.05) is 23.7 Å². The molecule has 3 heterocycles. The quantitative estimate of drug-likeness (QED) is 0.533. The number of alkyl halides is 3. The highest BCUT2D eigenvalue weighted by Gasteiger charge is 2.30. The molecule has 1 saturated heterocycles. The highest BCUT2D eigenvalue weighted by Crippen LogP contribution is 2.36. The number of carbonyl (C=O) groups is 1. The summed E-state index contributed by atoms with van der Waals surface area (Å²) in [5.41, 5.74) is 1.16. The molecule has 0 spiro atoms. The summed E-state index contributed by atoms with van der Waals surface area (Å²) in [5.74, 6) is 0.593. The van der Waals surface area contributed by atoms with Crippen LogP contribution in [0.3, 0.4) is 0 Å². The Morgan fingerprint density at radius 2 is 1.68 bits per heavy atom. The van der Waals surface area contributed by atoms with Crippen molar-refractivity contribution in [1.82, 2.24) is 24.8 Å². The minimum absolute atomic E-state index is 0.0485. The molecule has 11 heteroatoms. The molecule has 3 aromatic rings. The fourth-order valence-electron chi connectivity index (χ4n) is 3.73. The van der Waals surface area contributed by atoms with Gasteiger partial charge in [-0.2, -0.15) is 13.2 Å². The van der Waals surface area contributed by atoms with Crippen molar-refractivity contribution >= 4 is 23.4 Å². The fraction of sp³-hybridized carbons (Fsp3) is 0.304. The van der Waals surface area contributed by atoms with Gasteiger partial charge in [-0.15, -0.1) is 0 Å². The summed E-state index contributed by atoms with van der Waals surface area (Å²) in [6.07, 6.45) is 0.210. The van der Waals surface area contributed by atoms with Crippen LogP contribution in [0.2, 0.25) is 5.02 Å². The summed E-state index contributed by atoms with van der Waals surface area (Å²) >= 11 is 6.38. The van der Waals surface area contributed by atoms with E-state index in [1.54, 1.807) is 37.5 Å². The minimum Gasteiger partial charge on any atom is -0.352 e. The van der Waals surface area contributed by atoms with Crippen LogP contribution in [-0.4, -0.2) is 71.1 Å². The first-order valence-electron chi connectivity index (χ1n) is 10.5. The number of hydrogen-bond donors (Lipinski definition) is 0. The average molecular weight is 491 g/mol. The highest BCUT2D eigenvalue weighted by molar-refractivity contribution is 6.33. The first-order valence-corrected chi connectivity index (χ1v) is 10.9. The normalized spacial score (nSPS) is 14.3. The Morgan fingerprint density at radius 3 is 2.26 bits per heavy atom. The summed E-state index contributed by atoms with van der Waals surface area (Å²) in [5, 5.41) is 0.350. The smallest absolute Gasteiger partial charge is 0.352 e. The second kappa shape index (κ2) is 9.46. The standard InChI is InChI=1S/C23H22ClF3N6O/c1-31(2)22(34)33-11-9-32(10-12-33)19-14-29-20(15-3-5-16(6-4-15)23(25,26)27)21(30-19)17-7-8-28-13-18(17)24/h3-8,13-14H,9-12H2,1-2H3. The van der Waals surface area contributed by atoms with Gasteiger partial charge in [-0.3, -0.25) is 9.97 Å². The predicted octanol–water partition coefficient (Wildman–Crippen LogP) is 4.68. The molecule has 4 rings (SSSR count). The zero-order chi connectivity index (χ0) is 24.5. The summed E-state index contributed by atoms with van der Waals surface area (Å²) in [4.78, 5) is 30.9. The zero-order valence-electron chi connectivity index (χ0n) is 18.6. The summed E-state index contributed by atoms with van der Waals surface area (Å²) in [6.45, 7) is 2.20. The van der Waals surface area contributed by atoms with Gasteiger partial charge >= 0.3 is 12.2 Å². The molecule has 2 aromatic heterocycles. The third-order valence-corrected chi connectivity index (χ3v) is 5.83. The van der Waals surface area contributed by atoms with Crippen LogP contribution >= 0.6 is 11.6 Å². The largest absolute Gasteiger partial charge is 0.416 e. The number of benzene rings is 1. The van der Waals surface area contributed by atoms with Crippen molar-refractivity contribution < 1.29 is 18.0 Å². The monoisotopic (exact) mass is 490 g/mol. The van der Waals surface area contributed by atoms with E-state index in [0.29, 0.717) is 59.5 Å². The molecule has 7 nitrogen and oxygen atoms in total. The molecular weight excluding hydrogens is 469 g/mol. The van der Waals surface area contributed by atoms with Crippen molar-refractivity contribution in [3.8, 4) is 22.5 Å². The highest BCUT2D eigenvalue weighted by atomic mass is 35.5. The number of urea groups is 1. The molecule has 0 aliphatic carbocycles. The minimum atomic E-state index is -4.43. The molecular formula is C23H22ClF3N6O. The maximum atomic E-state index is 13.0. The number of aromatic nitrogens is 3. The molecule has 0 saturated carbocycles. The summed E-state index contributed by atoms with van der Waals surface area (Å²) < 4.78 is 39.0. The van der Waals surface area contributed by atoms with Gasteiger partial charge in [-0.25, -0.2) is 9.78 Å². The molecule has 0 N–H and O–H groups in total. The third-order valence-electron chi connectivity index (χ3n) is 5.53. The molecule has 2 amide bonds. The predicted molar refractivity (Wildman–Crippen MR) is 124 cm³/mol. The fourth-order valence-corrected chi connectivity index (χ4v) is 3.93. The topological polar surface area (TPSA) is 65.5 Å². The number of anilines is 1. The SMILES string of the molecule is CN(C)C(=O)N1CCN(c2cnc(-c3ccc(C(F)(F)F)cc3)c(-c3ccncc3Cl)n2)CC1. The average Bonchev–Trinajstić information content (AvgIpc) is 2.83. The lowest BCUT2D eigenvalue weighted by Crippen LogP contribution is -2.51. The molecule has 0 radical (unpaired) electrons. The summed E-state index contributed by atoms with van der Waals surface area (Å²) in [7, 11) is 3.43. The van der Waals surface area contributed by atoms with E-state index in [9.17, 15) is 18.0 Å². The van der Waals surface area contributed by atoms with E-state index < -0.39 is 11.7 Å². The van der Waals surface area contributed by atoms with Crippen molar-refractivity contribution in [3.63, 3.8) is 0 Å². The first kappa shape index (κ1) is 23.7. The molecule has 0 atom stereocenters. The van der Waals surface area contributed by atoms with Crippen molar-refractivity contribution in [2.24, 2.45) is 0 Å². The molecule has 1 aliphatic rings. The van der Waals surface area contributed by atoms with Crippen molar-refractivity contribution in [3.05, 3.63) is 59.5 Å². The molecule has 0 bridgehead atoms. The van der Waals surface area contributed by atoms with Crippen molar-refractivity contribution in [1.29, 1.82) is 0 Å². The van der Waals surface area contributed by atoms with Gasteiger partial charge in [0, 0.05) is 63.8 Å². The van der Waals surface area contributed by atoms with Gasteiger partial charge in [0.1, 0.15) is 11.5 Å². The van der Waals surface area contributed by atoms with E-state index in [1.807, 2.05) is 4.90 Å². The maximum Gasteiger partial charge on any atom is 0.416 e. The van der Waals surface area contributed by atoms with Crippen LogP contribution in [0.1, 0.15) is 5.56 Å². The molecule has 1 aromatic carbocycles. The Kier molecular flexibility index (Phi) is 6.60. The lowest BCUT2D eigenvalue weighted by atomic mass is 10.0. The van der Waals surface area contributed by atoms with Gasteiger partial charge in [0.05, 0.1) is 22.5 Å². The molecule has 1 fully saturated rings. The number of pyridine rings is 1. The van der Waals surface area contributed by atoms with Gasteiger partial charge in [0.15, 0.2) is 0 Å². The van der Waals surface area contributed by atoms with Crippen LogP contribution in [0.4, 0.5) is 23.8 Å². The first-order chi connectivity index (χ1) is 16.1. The molecule has 0 unspecified atom stereocenters. The number of hydrogen-bond acceptors (Lipinski definition) is 5. The Hall–Kier alpha value is -3.40. The Labute approximate surface area is 199 Å². The van der Waals surface area contributed by atoms with Gasteiger partial charge < -0.3 is 14.7 Å². The summed E-state index contributed by atoms with van der Waals surface area (Å²) in [6, 6.07) is 6.42. The van der Waals surface area contributed by atoms with Crippen LogP contribution in [0.25, 0.3) is 22.5 Å². The number of rotatable bonds is 3. The van der Waals surface area contributed by atoms with Crippen LogP contribution in [-0.2, 0) is 6.18 Å². The number of amides is 2. The number of piperazine rings is 1. The van der Waals surface area contributed by atoms with E-state index in [0.717, 1.165) is 12.1 Å². The maximum absolute atomic E-state index is 13.0. The molecule has 1 aliphatic heterocycles. The lowest BCUT2D eigenvalue weighted by molar-refractivity contribution is -0.137. The third kappa shape index (κ3) is 4.91. The van der Waals surface area contributed by atoms with Gasteiger partial charge in [-0.05, 0) is 18.2 Å².